The van der Waals surface area contributed by atoms with Crippen LogP contribution in [0.4, 0.5) is 0 Å². The average molecular weight is 259 g/mol. The molecule has 1 aliphatic carbocycles. The number of hydrogen-bond acceptors (Lipinski definition) is 2. The average Bonchev–Trinajstić information content (AvgIpc) is 3.03. The quantitative estimate of drug-likeness (QED) is 0.895. The number of fused-ring (bicyclic) bond motifs is 1. The molecule has 2 aliphatic rings. The Morgan fingerprint density at radius 2 is 2.11 bits per heavy atom. The molecule has 3 unspecified atom stereocenters. The molecule has 2 nitrogen and oxygen atoms in total. The zero-order chi connectivity index (χ0) is 13.2. The van der Waals surface area contributed by atoms with E-state index in [2.05, 4.69) is 37.4 Å². The molecule has 1 fully saturated rings. The molecule has 1 aromatic rings. The lowest BCUT2D eigenvalue weighted by Gasteiger charge is -2.25. The van der Waals surface area contributed by atoms with Crippen molar-refractivity contribution in [1.82, 2.24) is 5.32 Å². The first-order valence-electron chi connectivity index (χ1n) is 7.78. The number of likely N-dealkylation sites (N-methyl/N-ethyl adjacent to an activating group) is 1. The predicted molar refractivity (Wildman–Crippen MR) is 78.5 cm³/mol. The summed E-state index contributed by atoms with van der Waals surface area (Å²) >= 11 is 0. The van der Waals surface area contributed by atoms with Gasteiger partial charge in [0.15, 0.2) is 0 Å². The second-order valence-electron chi connectivity index (χ2n) is 5.98. The fourth-order valence-corrected chi connectivity index (χ4v) is 3.55. The monoisotopic (exact) mass is 259 g/mol. The van der Waals surface area contributed by atoms with E-state index in [1.807, 2.05) is 0 Å². The smallest absolute Gasteiger partial charge is 0.0774 e. The number of rotatable bonds is 4. The third kappa shape index (κ3) is 2.70. The van der Waals surface area contributed by atoms with Crippen LogP contribution in [0.15, 0.2) is 18.2 Å². The van der Waals surface area contributed by atoms with Crippen molar-refractivity contribution in [3.63, 3.8) is 0 Å². The van der Waals surface area contributed by atoms with Gasteiger partial charge in [-0.1, -0.05) is 25.1 Å². The lowest BCUT2D eigenvalue weighted by Crippen LogP contribution is -2.32. The Labute approximate surface area is 116 Å². The lowest BCUT2D eigenvalue weighted by molar-refractivity contribution is 0.0319. The minimum Gasteiger partial charge on any atom is -0.373 e. The summed E-state index contributed by atoms with van der Waals surface area (Å²) in [5.41, 5.74) is 4.53. The van der Waals surface area contributed by atoms with E-state index in [4.69, 9.17) is 4.74 Å². The molecule has 1 aromatic carbocycles. The second kappa shape index (κ2) is 5.64. The van der Waals surface area contributed by atoms with Gasteiger partial charge in [-0.15, -0.1) is 0 Å². The first-order chi connectivity index (χ1) is 9.28. The molecular weight excluding hydrogens is 234 g/mol. The highest BCUT2D eigenvalue weighted by atomic mass is 16.5. The van der Waals surface area contributed by atoms with E-state index in [9.17, 15) is 0 Å². The van der Waals surface area contributed by atoms with E-state index >= 15 is 0 Å². The lowest BCUT2D eigenvalue weighted by atomic mass is 9.96. The van der Waals surface area contributed by atoms with Gasteiger partial charge in [-0.05, 0) is 62.3 Å². The molecule has 1 saturated heterocycles. The normalized spacial score (nSPS) is 27.5. The maximum Gasteiger partial charge on any atom is 0.0774 e. The summed E-state index contributed by atoms with van der Waals surface area (Å²) in [7, 11) is 0. The fourth-order valence-electron chi connectivity index (χ4n) is 3.55. The summed E-state index contributed by atoms with van der Waals surface area (Å²) in [6, 6.07) is 7.42. The van der Waals surface area contributed by atoms with Crippen LogP contribution in [0.1, 0.15) is 55.8 Å². The van der Waals surface area contributed by atoms with Crippen LogP contribution in [0.5, 0.6) is 0 Å². The standard InChI is InChI=1S/C17H25NO/c1-3-18-17(16-10-7-12(2)19-16)15-9-8-13-5-4-6-14(13)11-15/h8-9,11-12,16-18H,3-7,10H2,1-2H3. The van der Waals surface area contributed by atoms with Gasteiger partial charge in [-0.25, -0.2) is 0 Å². The largest absolute Gasteiger partial charge is 0.373 e. The van der Waals surface area contributed by atoms with Crippen LogP contribution in [0.3, 0.4) is 0 Å². The fraction of sp³-hybridized carbons (Fsp3) is 0.647. The molecule has 3 atom stereocenters. The van der Waals surface area contributed by atoms with Crippen molar-refractivity contribution < 1.29 is 4.74 Å². The Morgan fingerprint density at radius 1 is 1.26 bits per heavy atom. The van der Waals surface area contributed by atoms with E-state index in [0.29, 0.717) is 18.2 Å². The molecule has 19 heavy (non-hydrogen) atoms. The third-order valence-electron chi connectivity index (χ3n) is 4.54. The maximum atomic E-state index is 6.09. The summed E-state index contributed by atoms with van der Waals surface area (Å²) in [5, 5.41) is 3.63. The van der Waals surface area contributed by atoms with Gasteiger partial charge >= 0.3 is 0 Å². The predicted octanol–water partition coefficient (Wildman–Crippen LogP) is 3.39. The molecule has 0 aromatic heterocycles. The van der Waals surface area contributed by atoms with Gasteiger partial charge in [0.25, 0.3) is 0 Å². The van der Waals surface area contributed by atoms with Crippen LogP contribution < -0.4 is 5.32 Å². The van der Waals surface area contributed by atoms with Crippen molar-refractivity contribution in [2.75, 3.05) is 6.54 Å². The molecule has 0 bridgehead atoms. The van der Waals surface area contributed by atoms with E-state index in [1.54, 1.807) is 11.1 Å². The van der Waals surface area contributed by atoms with Crippen molar-refractivity contribution in [3.05, 3.63) is 34.9 Å². The Balaban J connectivity index is 1.83. The molecule has 1 heterocycles. The molecule has 0 spiro atoms. The number of ether oxygens (including phenoxy) is 1. The molecule has 1 N–H and O–H groups in total. The molecule has 0 saturated carbocycles. The van der Waals surface area contributed by atoms with E-state index in [1.165, 1.54) is 37.7 Å². The minimum absolute atomic E-state index is 0.342. The van der Waals surface area contributed by atoms with Gasteiger partial charge in [0.05, 0.1) is 18.2 Å². The van der Waals surface area contributed by atoms with Crippen molar-refractivity contribution >= 4 is 0 Å². The Kier molecular flexibility index (Phi) is 3.90. The van der Waals surface area contributed by atoms with Crippen molar-refractivity contribution in [1.29, 1.82) is 0 Å². The highest BCUT2D eigenvalue weighted by molar-refractivity contribution is 5.37. The summed E-state index contributed by atoms with van der Waals surface area (Å²) in [4.78, 5) is 0. The zero-order valence-electron chi connectivity index (χ0n) is 12.1. The molecular formula is C17H25NO. The van der Waals surface area contributed by atoms with E-state index < -0.39 is 0 Å². The second-order valence-corrected chi connectivity index (χ2v) is 5.98. The zero-order valence-corrected chi connectivity index (χ0v) is 12.1. The summed E-state index contributed by atoms with van der Waals surface area (Å²) in [6.07, 6.45) is 6.97. The van der Waals surface area contributed by atoms with Crippen LogP contribution in [-0.2, 0) is 17.6 Å². The first-order valence-corrected chi connectivity index (χ1v) is 7.78. The molecule has 0 amide bonds. The van der Waals surface area contributed by atoms with Gasteiger partial charge in [0.1, 0.15) is 0 Å². The third-order valence-corrected chi connectivity index (χ3v) is 4.54. The summed E-state index contributed by atoms with van der Waals surface area (Å²) in [6.45, 7) is 5.36. The van der Waals surface area contributed by atoms with Crippen LogP contribution in [0.2, 0.25) is 0 Å². The van der Waals surface area contributed by atoms with Crippen LogP contribution >= 0.6 is 0 Å². The SMILES string of the molecule is CCNC(c1ccc2c(c1)CCC2)C1CCC(C)O1. The number of hydrogen-bond donors (Lipinski definition) is 1. The van der Waals surface area contributed by atoms with Crippen LogP contribution in [0.25, 0.3) is 0 Å². The van der Waals surface area contributed by atoms with E-state index in [0.717, 1.165) is 6.54 Å². The van der Waals surface area contributed by atoms with Gasteiger partial charge in [-0.3, -0.25) is 0 Å². The van der Waals surface area contributed by atoms with Gasteiger partial charge in [-0.2, -0.15) is 0 Å². The maximum absolute atomic E-state index is 6.09. The van der Waals surface area contributed by atoms with Gasteiger partial charge in [0, 0.05) is 0 Å². The van der Waals surface area contributed by atoms with Gasteiger partial charge < -0.3 is 10.1 Å². The first kappa shape index (κ1) is 13.1. The molecule has 3 rings (SSSR count). The highest BCUT2D eigenvalue weighted by Crippen LogP contribution is 2.32. The highest BCUT2D eigenvalue weighted by Gasteiger charge is 2.30. The van der Waals surface area contributed by atoms with Crippen LogP contribution in [0, 0.1) is 0 Å². The molecule has 2 heteroatoms. The van der Waals surface area contributed by atoms with Crippen molar-refractivity contribution in [2.24, 2.45) is 0 Å². The Bertz CT molecular complexity index is 443. The molecule has 1 aliphatic heterocycles. The number of aryl methyl sites for hydroxylation is 2. The molecule has 0 radical (unpaired) electrons. The van der Waals surface area contributed by atoms with Crippen molar-refractivity contribution in [2.45, 2.75) is 64.2 Å². The molecule has 104 valence electrons. The topological polar surface area (TPSA) is 21.3 Å². The van der Waals surface area contributed by atoms with Gasteiger partial charge in [0.2, 0.25) is 0 Å². The number of nitrogens with one attached hydrogen (secondary N) is 1. The van der Waals surface area contributed by atoms with Crippen LogP contribution in [-0.4, -0.2) is 18.8 Å². The number of benzene rings is 1. The van der Waals surface area contributed by atoms with E-state index in [-0.39, 0.29) is 0 Å². The Morgan fingerprint density at radius 3 is 2.84 bits per heavy atom. The summed E-state index contributed by atoms with van der Waals surface area (Å²) < 4.78 is 6.09. The Hall–Kier alpha value is -0.860. The summed E-state index contributed by atoms with van der Waals surface area (Å²) in [5.74, 6) is 0. The van der Waals surface area contributed by atoms with Crippen molar-refractivity contribution in [3.8, 4) is 0 Å². The minimum atomic E-state index is 0.342.